The average Bonchev–Trinajstić information content (AvgIpc) is 2.77. The van der Waals surface area contributed by atoms with E-state index < -0.39 is 5.97 Å². The molecule has 0 unspecified atom stereocenters. The number of carboxylic acid groups (broad SMARTS) is 1. The molecule has 0 saturated carbocycles. The highest BCUT2D eigenvalue weighted by Gasteiger charge is 2.03. The zero-order chi connectivity index (χ0) is 13.0. The molecule has 19 heavy (non-hydrogen) atoms. The molecule has 2 aromatic heterocycles. The molecule has 1 N–H and O–H groups in total. The van der Waals surface area contributed by atoms with Gasteiger partial charge in [0.05, 0.1) is 0 Å². The standard InChI is InChI=1S/C14H13NO2S.ClH/c1-10(14(16)17)7-12-4-5-13(18-12)8-11-3-2-6-15-9-11;/h2-7,9H,8H2,1H3,(H,16,17);1H/b10-7-;. The van der Waals surface area contributed by atoms with Crippen molar-refractivity contribution in [3.63, 3.8) is 0 Å². The van der Waals surface area contributed by atoms with Crippen LogP contribution in [0.3, 0.4) is 0 Å². The molecule has 100 valence electrons. The number of aromatic nitrogens is 1. The summed E-state index contributed by atoms with van der Waals surface area (Å²) < 4.78 is 0. The first-order valence-electron chi connectivity index (χ1n) is 5.54. The minimum Gasteiger partial charge on any atom is -0.478 e. The maximum atomic E-state index is 10.7. The Morgan fingerprint density at radius 3 is 2.84 bits per heavy atom. The number of carbonyl (C=O) groups is 1. The molecule has 2 rings (SSSR count). The van der Waals surface area contributed by atoms with Crippen LogP contribution in [0.25, 0.3) is 6.08 Å². The second-order valence-corrected chi connectivity index (χ2v) is 5.17. The highest BCUT2D eigenvalue weighted by molar-refractivity contribution is 7.12. The molecule has 2 aromatic rings. The lowest BCUT2D eigenvalue weighted by molar-refractivity contribution is -0.132. The number of rotatable bonds is 4. The van der Waals surface area contributed by atoms with Crippen LogP contribution >= 0.6 is 23.7 Å². The Balaban J connectivity index is 0.00000180. The van der Waals surface area contributed by atoms with Crippen molar-refractivity contribution >= 4 is 35.8 Å². The number of carboxylic acids is 1. The van der Waals surface area contributed by atoms with Crippen molar-refractivity contribution in [3.8, 4) is 0 Å². The molecule has 0 atom stereocenters. The van der Waals surface area contributed by atoms with Crippen molar-refractivity contribution < 1.29 is 9.90 Å². The Morgan fingerprint density at radius 1 is 1.42 bits per heavy atom. The van der Waals surface area contributed by atoms with E-state index in [2.05, 4.69) is 4.98 Å². The number of aliphatic carboxylic acids is 1. The summed E-state index contributed by atoms with van der Waals surface area (Å²) in [6, 6.07) is 7.92. The molecule has 0 spiro atoms. The topological polar surface area (TPSA) is 50.2 Å². The summed E-state index contributed by atoms with van der Waals surface area (Å²) in [4.78, 5) is 17.0. The molecule has 0 fully saturated rings. The highest BCUT2D eigenvalue weighted by atomic mass is 35.5. The fraction of sp³-hybridized carbons (Fsp3) is 0.143. The van der Waals surface area contributed by atoms with Crippen LogP contribution in [0.2, 0.25) is 0 Å². The van der Waals surface area contributed by atoms with Gasteiger partial charge in [-0.3, -0.25) is 4.98 Å². The van der Waals surface area contributed by atoms with E-state index in [-0.39, 0.29) is 12.4 Å². The number of hydrogen-bond donors (Lipinski definition) is 1. The Labute approximate surface area is 122 Å². The lowest BCUT2D eigenvalue weighted by atomic mass is 10.2. The molecule has 0 aliphatic carbocycles. The van der Waals surface area contributed by atoms with Gasteiger partial charge in [-0.05, 0) is 36.8 Å². The molecule has 0 aliphatic heterocycles. The molecule has 0 aliphatic rings. The molecular formula is C14H14ClNO2S. The maximum absolute atomic E-state index is 10.7. The Morgan fingerprint density at radius 2 is 2.21 bits per heavy atom. The number of thiophene rings is 1. The maximum Gasteiger partial charge on any atom is 0.331 e. The van der Waals surface area contributed by atoms with Crippen LogP contribution in [0.1, 0.15) is 22.2 Å². The van der Waals surface area contributed by atoms with Crippen LogP contribution in [0.5, 0.6) is 0 Å². The van der Waals surface area contributed by atoms with E-state index in [1.807, 2.05) is 30.5 Å². The monoisotopic (exact) mass is 295 g/mol. The summed E-state index contributed by atoms with van der Waals surface area (Å²) in [5.74, 6) is -0.878. The number of nitrogens with zero attached hydrogens (tertiary/aromatic N) is 1. The van der Waals surface area contributed by atoms with Crippen LogP contribution in [0, 0.1) is 0 Å². The van der Waals surface area contributed by atoms with E-state index in [1.165, 1.54) is 4.88 Å². The van der Waals surface area contributed by atoms with E-state index >= 15 is 0 Å². The summed E-state index contributed by atoms with van der Waals surface area (Å²) in [6.45, 7) is 1.60. The average molecular weight is 296 g/mol. The molecule has 0 aromatic carbocycles. The number of hydrogen-bond acceptors (Lipinski definition) is 3. The van der Waals surface area contributed by atoms with Gasteiger partial charge in [-0.25, -0.2) is 4.79 Å². The van der Waals surface area contributed by atoms with Crippen molar-refractivity contribution in [2.24, 2.45) is 0 Å². The first-order valence-corrected chi connectivity index (χ1v) is 6.36. The minimum atomic E-state index is -0.878. The lowest BCUT2D eigenvalue weighted by Crippen LogP contribution is -1.94. The molecule has 2 heterocycles. The van der Waals surface area contributed by atoms with E-state index in [9.17, 15) is 4.79 Å². The van der Waals surface area contributed by atoms with Crippen molar-refractivity contribution in [1.82, 2.24) is 4.98 Å². The summed E-state index contributed by atoms with van der Waals surface area (Å²) in [5.41, 5.74) is 1.51. The second-order valence-electron chi connectivity index (χ2n) is 3.97. The van der Waals surface area contributed by atoms with Gasteiger partial charge in [-0.2, -0.15) is 0 Å². The fourth-order valence-electron chi connectivity index (χ4n) is 1.55. The lowest BCUT2D eigenvalue weighted by Gasteiger charge is -1.96. The van der Waals surface area contributed by atoms with Gasteiger partial charge in [0.1, 0.15) is 0 Å². The zero-order valence-electron chi connectivity index (χ0n) is 10.4. The largest absolute Gasteiger partial charge is 0.478 e. The van der Waals surface area contributed by atoms with Crippen LogP contribution in [0.4, 0.5) is 0 Å². The van der Waals surface area contributed by atoms with Gasteiger partial charge in [0.25, 0.3) is 0 Å². The third-order valence-corrected chi connectivity index (χ3v) is 3.51. The Kier molecular flexibility index (Phi) is 5.73. The summed E-state index contributed by atoms with van der Waals surface area (Å²) in [5, 5.41) is 8.81. The summed E-state index contributed by atoms with van der Waals surface area (Å²) >= 11 is 1.61. The van der Waals surface area contributed by atoms with Crippen LogP contribution < -0.4 is 0 Å². The first kappa shape index (κ1) is 15.4. The fourth-order valence-corrected chi connectivity index (χ4v) is 2.60. The molecule has 5 heteroatoms. The molecule has 0 saturated heterocycles. The van der Waals surface area contributed by atoms with E-state index in [1.54, 1.807) is 30.5 Å². The van der Waals surface area contributed by atoms with Crippen LogP contribution in [0.15, 0.2) is 42.2 Å². The molecular weight excluding hydrogens is 282 g/mol. The molecule has 0 amide bonds. The van der Waals surface area contributed by atoms with Crippen molar-refractivity contribution in [2.45, 2.75) is 13.3 Å². The number of halogens is 1. The SMILES string of the molecule is C/C(=C/c1ccc(Cc2cccnc2)s1)C(=O)O.Cl. The third-order valence-electron chi connectivity index (χ3n) is 2.48. The van der Waals surface area contributed by atoms with Crippen LogP contribution in [-0.4, -0.2) is 16.1 Å². The van der Waals surface area contributed by atoms with Crippen molar-refractivity contribution in [3.05, 3.63) is 57.6 Å². The normalized spacial score (nSPS) is 10.9. The summed E-state index contributed by atoms with van der Waals surface area (Å²) in [6.07, 6.45) is 6.12. The molecule has 0 radical (unpaired) electrons. The van der Waals surface area contributed by atoms with Gasteiger partial charge in [0.2, 0.25) is 0 Å². The van der Waals surface area contributed by atoms with Crippen LogP contribution in [-0.2, 0) is 11.2 Å². The smallest absolute Gasteiger partial charge is 0.331 e. The predicted octanol–water partition coefficient (Wildman–Crippen LogP) is 3.64. The van der Waals surface area contributed by atoms with Crippen molar-refractivity contribution in [2.75, 3.05) is 0 Å². The Bertz CT molecular complexity index is 578. The molecule has 0 bridgehead atoms. The van der Waals surface area contributed by atoms with Crippen molar-refractivity contribution in [1.29, 1.82) is 0 Å². The quantitative estimate of drug-likeness (QED) is 0.876. The highest BCUT2D eigenvalue weighted by Crippen LogP contribution is 2.21. The van der Waals surface area contributed by atoms with E-state index in [4.69, 9.17) is 5.11 Å². The van der Waals surface area contributed by atoms with Gasteiger partial charge >= 0.3 is 5.97 Å². The van der Waals surface area contributed by atoms with Gasteiger partial charge in [0.15, 0.2) is 0 Å². The van der Waals surface area contributed by atoms with Gasteiger partial charge in [0, 0.05) is 34.1 Å². The predicted molar refractivity (Wildman–Crippen MR) is 79.9 cm³/mol. The van der Waals surface area contributed by atoms with E-state index in [0.717, 1.165) is 16.9 Å². The third kappa shape index (κ3) is 4.50. The van der Waals surface area contributed by atoms with E-state index in [0.29, 0.717) is 5.57 Å². The van der Waals surface area contributed by atoms with Gasteiger partial charge in [-0.15, -0.1) is 23.7 Å². The minimum absolute atomic E-state index is 0. The summed E-state index contributed by atoms with van der Waals surface area (Å²) in [7, 11) is 0. The second kappa shape index (κ2) is 7.07. The van der Waals surface area contributed by atoms with Gasteiger partial charge in [-0.1, -0.05) is 6.07 Å². The molecule has 3 nitrogen and oxygen atoms in total. The first-order chi connectivity index (χ1) is 8.65. The zero-order valence-corrected chi connectivity index (χ0v) is 12.0. The number of pyridine rings is 1. The van der Waals surface area contributed by atoms with Gasteiger partial charge < -0.3 is 5.11 Å². The Hall–Kier alpha value is -1.65.